The Labute approximate surface area is 118 Å². The van der Waals surface area contributed by atoms with Crippen LogP contribution in [-0.2, 0) is 17.5 Å². The molecule has 0 saturated carbocycles. The van der Waals surface area contributed by atoms with Gasteiger partial charge in [0.05, 0.1) is 16.8 Å². The molecule has 1 unspecified atom stereocenters. The molecule has 0 aliphatic rings. The monoisotopic (exact) mass is 311 g/mol. The summed E-state index contributed by atoms with van der Waals surface area (Å²) in [5, 5.41) is -0.440. The third-order valence-corrected chi connectivity index (χ3v) is 3.91. The first-order chi connectivity index (χ1) is 8.53. The lowest BCUT2D eigenvalue weighted by molar-refractivity contribution is -0.137. The topological polar surface area (TPSA) is 35.4 Å². The maximum atomic E-state index is 12.6. The van der Waals surface area contributed by atoms with E-state index in [0.717, 1.165) is 12.3 Å². The van der Waals surface area contributed by atoms with Crippen LogP contribution >= 0.6 is 11.6 Å². The molecule has 106 valence electrons. The van der Waals surface area contributed by atoms with Crippen LogP contribution in [0.4, 0.5) is 13.2 Å². The Kier molecular flexibility index (Phi) is 4.92. The molecule has 0 saturated heterocycles. The highest BCUT2D eigenvalue weighted by molar-refractivity contribution is 7.91. The van der Waals surface area contributed by atoms with Gasteiger partial charge in [0.15, 0.2) is 0 Å². The highest BCUT2D eigenvalue weighted by Crippen LogP contribution is 2.35. The van der Waals surface area contributed by atoms with Crippen LogP contribution in [-0.4, -0.2) is 15.5 Å². The van der Waals surface area contributed by atoms with Crippen LogP contribution in [0.2, 0.25) is 5.02 Å². The Bertz CT molecular complexity index is 483. The molecule has 0 radical (unpaired) electrons. The molecule has 7 heteroatoms. The third-order valence-electron chi connectivity index (χ3n) is 2.15. The molecule has 0 fully saturated rings. The molecule has 1 rings (SSSR count). The average molecular weight is 312 g/mol. The average Bonchev–Trinajstić information content (AvgIpc) is 2.24. The third kappa shape index (κ3) is 4.40. The van der Waals surface area contributed by atoms with E-state index >= 15 is 0 Å². The summed E-state index contributed by atoms with van der Waals surface area (Å²) in [6, 6.07) is 3.51. The van der Waals surface area contributed by atoms with Crippen molar-refractivity contribution in [2.24, 2.45) is 4.40 Å². The molecule has 0 N–H and O–H groups in total. The highest BCUT2D eigenvalue weighted by Gasteiger charge is 2.33. The lowest BCUT2D eigenvalue weighted by Crippen LogP contribution is -2.25. The molecule has 1 atom stereocenters. The minimum Gasteiger partial charge on any atom is -0.591 e. The number of hydrogen-bond donors (Lipinski definition) is 0. The molecule has 0 heterocycles. The molecule has 0 aliphatic carbocycles. The van der Waals surface area contributed by atoms with Gasteiger partial charge in [0.2, 0.25) is 0 Å². The van der Waals surface area contributed by atoms with Crippen molar-refractivity contribution in [2.75, 3.05) is 0 Å². The molecular weight excluding hydrogens is 299 g/mol. The van der Waals surface area contributed by atoms with E-state index in [1.54, 1.807) is 20.8 Å². The number of halogens is 4. The predicted molar refractivity (Wildman–Crippen MR) is 71.9 cm³/mol. The second-order valence-corrected chi connectivity index (χ2v) is 7.11. The second kappa shape index (κ2) is 5.73. The van der Waals surface area contributed by atoms with E-state index < -0.39 is 32.9 Å². The van der Waals surface area contributed by atoms with E-state index in [1.807, 2.05) is 0 Å². The summed E-state index contributed by atoms with van der Waals surface area (Å²) < 4.78 is 52.7. The van der Waals surface area contributed by atoms with Crippen molar-refractivity contribution < 1.29 is 17.7 Å². The number of nitrogens with zero attached hydrogens (tertiary/aromatic N) is 1. The van der Waals surface area contributed by atoms with Crippen molar-refractivity contribution in [1.29, 1.82) is 0 Å². The summed E-state index contributed by atoms with van der Waals surface area (Å²) in [4.78, 5) is 0. The first-order valence-electron chi connectivity index (χ1n) is 5.35. The normalized spacial score (nSPS) is 14.9. The van der Waals surface area contributed by atoms with Crippen LogP contribution in [0.1, 0.15) is 31.9 Å². The number of hydrogen-bond acceptors (Lipinski definition) is 2. The van der Waals surface area contributed by atoms with E-state index in [9.17, 15) is 17.7 Å². The Morgan fingerprint density at radius 1 is 1.26 bits per heavy atom. The molecule has 0 aromatic heterocycles. The lowest BCUT2D eigenvalue weighted by Gasteiger charge is -2.17. The molecule has 0 aliphatic heterocycles. The van der Waals surface area contributed by atoms with Gasteiger partial charge in [-0.25, -0.2) is 0 Å². The molecular formula is C12H13ClF3NOS. The predicted octanol–water partition coefficient (Wildman–Crippen LogP) is 4.24. The standard InChI is InChI=1S/C12H13ClF3NOS/c1-11(2,3)19(18)17-7-8-5-4-6-9(10(8)13)12(14,15)16/h4-7H,1-3H3/b17-7+. The Morgan fingerprint density at radius 3 is 2.32 bits per heavy atom. The maximum absolute atomic E-state index is 12.6. The lowest BCUT2D eigenvalue weighted by atomic mass is 10.1. The highest BCUT2D eigenvalue weighted by atomic mass is 35.5. The zero-order valence-corrected chi connectivity index (χ0v) is 12.2. The number of benzene rings is 1. The zero-order valence-electron chi connectivity index (χ0n) is 10.6. The molecule has 19 heavy (non-hydrogen) atoms. The first-order valence-corrected chi connectivity index (χ1v) is 6.83. The van der Waals surface area contributed by atoms with Crippen molar-refractivity contribution in [3.63, 3.8) is 0 Å². The Hall–Kier alpha value is -0.720. The van der Waals surface area contributed by atoms with Gasteiger partial charge in [0, 0.05) is 5.56 Å². The molecule has 0 amide bonds. The first kappa shape index (κ1) is 16.3. The van der Waals surface area contributed by atoms with Crippen LogP contribution in [0, 0.1) is 0 Å². The van der Waals surface area contributed by atoms with Crippen molar-refractivity contribution >= 4 is 29.2 Å². The van der Waals surface area contributed by atoms with Gasteiger partial charge in [0.25, 0.3) is 0 Å². The van der Waals surface area contributed by atoms with Crippen molar-refractivity contribution in [3.8, 4) is 0 Å². The van der Waals surface area contributed by atoms with Gasteiger partial charge in [-0.2, -0.15) is 13.2 Å². The van der Waals surface area contributed by atoms with Gasteiger partial charge in [-0.1, -0.05) is 28.1 Å². The van der Waals surface area contributed by atoms with Crippen molar-refractivity contribution in [3.05, 3.63) is 34.3 Å². The summed E-state index contributed by atoms with van der Waals surface area (Å²) in [7, 11) is 0. The molecule has 1 aromatic rings. The van der Waals surface area contributed by atoms with Crippen LogP contribution in [0.3, 0.4) is 0 Å². The van der Waals surface area contributed by atoms with E-state index in [-0.39, 0.29) is 5.56 Å². The van der Waals surface area contributed by atoms with E-state index in [2.05, 4.69) is 4.40 Å². The van der Waals surface area contributed by atoms with Crippen molar-refractivity contribution in [1.82, 2.24) is 0 Å². The van der Waals surface area contributed by atoms with Crippen LogP contribution in [0.25, 0.3) is 0 Å². The van der Waals surface area contributed by atoms with Crippen LogP contribution < -0.4 is 0 Å². The van der Waals surface area contributed by atoms with E-state index in [0.29, 0.717) is 0 Å². The maximum Gasteiger partial charge on any atom is 0.417 e. The van der Waals surface area contributed by atoms with Crippen LogP contribution in [0.15, 0.2) is 22.6 Å². The van der Waals surface area contributed by atoms with Crippen molar-refractivity contribution in [2.45, 2.75) is 31.7 Å². The van der Waals surface area contributed by atoms with E-state index in [1.165, 1.54) is 12.1 Å². The number of alkyl halides is 3. The fourth-order valence-electron chi connectivity index (χ4n) is 1.13. The molecule has 0 spiro atoms. The van der Waals surface area contributed by atoms with Crippen LogP contribution in [0.5, 0.6) is 0 Å². The Balaban J connectivity index is 3.08. The van der Waals surface area contributed by atoms with Gasteiger partial charge in [-0.05, 0) is 26.8 Å². The summed E-state index contributed by atoms with van der Waals surface area (Å²) in [6.45, 7) is 5.15. The smallest absolute Gasteiger partial charge is 0.417 e. The molecule has 0 bridgehead atoms. The summed E-state index contributed by atoms with van der Waals surface area (Å²) >= 11 is 4.14. The fraction of sp³-hybridized carbons (Fsp3) is 0.417. The van der Waals surface area contributed by atoms with Gasteiger partial charge in [-0.3, -0.25) is 0 Å². The minimum atomic E-state index is -4.52. The van der Waals surface area contributed by atoms with Gasteiger partial charge in [-0.15, -0.1) is 0 Å². The second-order valence-electron chi connectivity index (χ2n) is 4.80. The summed E-state index contributed by atoms with van der Waals surface area (Å²) in [5.74, 6) is 0. The van der Waals surface area contributed by atoms with Gasteiger partial charge >= 0.3 is 6.18 Å². The van der Waals surface area contributed by atoms with Gasteiger partial charge in [0.1, 0.15) is 16.1 Å². The summed E-state index contributed by atoms with van der Waals surface area (Å²) in [6.07, 6.45) is -3.41. The van der Waals surface area contributed by atoms with E-state index in [4.69, 9.17) is 11.6 Å². The fourth-order valence-corrected chi connectivity index (χ4v) is 1.94. The quantitative estimate of drug-likeness (QED) is 0.594. The minimum absolute atomic E-state index is 0.0918. The summed E-state index contributed by atoms with van der Waals surface area (Å²) in [5.41, 5.74) is -0.839. The largest absolute Gasteiger partial charge is 0.591 e. The SMILES string of the molecule is CC(C)(C)[S+]([O-])/N=C/c1cccc(C(F)(F)F)c1Cl. The zero-order chi connectivity index (χ0) is 14.8. The molecule has 2 nitrogen and oxygen atoms in total. The molecule has 1 aromatic carbocycles. The Morgan fingerprint density at radius 2 is 1.84 bits per heavy atom. The van der Waals surface area contributed by atoms with Gasteiger partial charge < -0.3 is 4.55 Å². The number of rotatable bonds is 2.